The quantitative estimate of drug-likeness (QED) is 0.464. The average molecular weight is 469 g/mol. The number of piperazine rings is 1. The molecular formula is C29H27ClN3O+. The van der Waals surface area contributed by atoms with Crippen LogP contribution in [0.2, 0.25) is 5.02 Å². The van der Waals surface area contributed by atoms with Gasteiger partial charge in [-0.2, -0.15) is 0 Å². The lowest BCUT2D eigenvalue weighted by Gasteiger charge is -2.32. The van der Waals surface area contributed by atoms with E-state index in [2.05, 4.69) is 36.4 Å². The summed E-state index contributed by atoms with van der Waals surface area (Å²) in [5, 5.41) is 1.57. The number of hydrogen-bond donors (Lipinski definition) is 1. The van der Waals surface area contributed by atoms with Gasteiger partial charge in [-0.1, -0.05) is 78.3 Å². The predicted octanol–water partition coefficient (Wildman–Crippen LogP) is 4.61. The number of aromatic nitrogens is 1. The molecule has 4 aromatic rings. The minimum absolute atomic E-state index is 0.0766. The van der Waals surface area contributed by atoms with Gasteiger partial charge < -0.3 is 9.80 Å². The molecule has 5 heteroatoms. The van der Waals surface area contributed by atoms with Crippen molar-refractivity contribution < 1.29 is 9.69 Å². The lowest BCUT2D eigenvalue weighted by Crippen LogP contribution is -3.14. The molecule has 0 aliphatic carbocycles. The number of amides is 1. The summed E-state index contributed by atoms with van der Waals surface area (Å²) in [5.74, 6) is 0.0766. The zero-order valence-corrected chi connectivity index (χ0v) is 19.7. The van der Waals surface area contributed by atoms with Crippen LogP contribution in [0.15, 0.2) is 91.0 Å². The molecule has 4 nitrogen and oxygen atoms in total. The summed E-state index contributed by atoms with van der Waals surface area (Å²) in [4.78, 5) is 21.9. The molecular weight excluding hydrogens is 442 g/mol. The third kappa shape index (κ3) is 5.04. The van der Waals surface area contributed by atoms with Gasteiger partial charge in [0.15, 0.2) is 0 Å². The van der Waals surface area contributed by atoms with Gasteiger partial charge in [0.05, 0.1) is 49.5 Å². The van der Waals surface area contributed by atoms with E-state index in [1.54, 1.807) is 0 Å². The minimum Gasteiger partial charge on any atom is -0.329 e. The highest BCUT2D eigenvalue weighted by Gasteiger charge is 2.25. The Labute approximate surface area is 205 Å². The van der Waals surface area contributed by atoms with Crippen LogP contribution in [0.25, 0.3) is 28.2 Å². The topological polar surface area (TPSA) is 37.6 Å². The van der Waals surface area contributed by atoms with E-state index >= 15 is 0 Å². The van der Waals surface area contributed by atoms with Gasteiger partial charge in [-0.3, -0.25) is 4.79 Å². The molecule has 1 saturated heterocycles. The SMILES string of the molecule is O=C(c1cc(-c2ccc(Cl)cc2)nc2ccccc12)N1CC[NH+](C/C=C/c2ccccc2)CC1. The van der Waals surface area contributed by atoms with Crippen molar-refractivity contribution >= 4 is 34.5 Å². The predicted molar refractivity (Wildman–Crippen MR) is 139 cm³/mol. The Kier molecular flexibility index (Phi) is 6.70. The molecule has 0 bridgehead atoms. The maximum absolute atomic E-state index is 13.6. The van der Waals surface area contributed by atoms with Crippen LogP contribution in [0.4, 0.5) is 0 Å². The number of nitrogens with zero attached hydrogens (tertiary/aromatic N) is 2. The van der Waals surface area contributed by atoms with Crippen molar-refractivity contribution in [1.29, 1.82) is 0 Å². The molecule has 34 heavy (non-hydrogen) atoms. The van der Waals surface area contributed by atoms with Crippen LogP contribution in [0.3, 0.4) is 0 Å². The number of benzene rings is 3. The first kappa shape index (κ1) is 22.3. The number of rotatable bonds is 5. The fourth-order valence-corrected chi connectivity index (χ4v) is 4.57. The summed E-state index contributed by atoms with van der Waals surface area (Å²) in [6.45, 7) is 4.35. The van der Waals surface area contributed by atoms with E-state index in [1.807, 2.05) is 65.6 Å². The van der Waals surface area contributed by atoms with Crippen LogP contribution in [0.1, 0.15) is 15.9 Å². The standard InChI is InChI=1S/C29H26ClN3O/c30-24-14-12-23(13-15-24)28-21-26(25-10-4-5-11-27(25)31-28)29(34)33-19-17-32(18-20-33)16-6-9-22-7-2-1-3-8-22/h1-15,21H,16-20H2/p+1/b9-6+. The van der Waals surface area contributed by atoms with Crippen molar-refractivity contribution in [2.24, 2.45) is 0 Å². The molecule has 170 valence electrons. The molecule has 1 aliphatic rings. The molecule has 0 unspecified atom stereocenters. The lowest BCUT2D eigenvalue weighted by atomic mass is 10.0. The minimum atomic E-state index is 0.0766. The van der Waals surface area contributed by atoms with Crippen molar-refractivity contribution in [2.75, 3.05) is 32.7 Å². The molecule has 2 heterocycles. The molecule has 1 fully saturated rings. The number of carbonyl (C=O) groups excluding carboxylic acids is 1. The summed E-state index contributed by atoms with van der Waals surface area (Å²) < 4.78 is 0. The highest BCUT2D eigenvalue weighted by Crippen LogP contribution is 2.27. The van der Waals surface area contributed by atoms with Crippen LogP contribution in [-0.2, 0) is 0 Å². The molecule has 1 aliphatic heterocycles. The maximum Gasteiger partial charge on any atom is 0.255 e. The monoisotopic (exact) mass is 468 g/mol. The number of para-hydroxylation sites is 1. The lowest BCUT2D eigenvalue weighted by molar-refractivity contribution is -0.898. The normalized spacial score (nSPS) is 14.7. The van der Waals surface area contributed by atoms with Gasteiger partial charge in [0.1, 0.15) is 0 Å². The van der Waals surface area contributed by atoms with Crippen molar-refractivity contribution in [3.63, 3.8) is 0 Å². The van der Waals surface area contributed by atoms with Gasteiger partial charge >= 0.3 is 0 Å². The van der Waals surface area contributed by atoms with E-state index in [9.17, 15) is 4.79 Å². The van der Waals surface area contributed by atoms with E-state index in [0.29, 0.717) is 10.6 Å². The van der Waals surface area contributed by atoms with E-state index < -0.39 is 0 Å². The number of halogens is 1. The Morgan fingerprint density at radius 1 is 0.941 bits per heavy atom. The molecule has 0 radical (unpaired) electrons. The molecule has 5 rings (SSSR count). The van der Waals surface area contributed by atoms with Gasteiger partial charge in [-0.25, -0.2) is 4.98 Å². The number of hydrogen-bond acceptors (Lipinski definition) is 2. The highest BCUT2D eigenvalue weighted by atomic mass is 35.5. The number of pyridine rings is 1. The van der Waals surface area contributed by atoms with Crippen LogP contribution < -0.4 is 4.90 Å². The van der Waals surface area contributed by atoms with Gasteiger partial charge in [0.2, 0.25) is 0 Å². The van der Waals surface area contributed by atoms with Crippen molar-refractivity contribution in [2.45, 2.75) is 0 Å². The molecule has 0 atom stereocenters. The number of carbonyl (C=O) groups is 1. The molecule has 3 aromatic carbocycles. The van der Waals surface area contributed by atoms with Crippen LogP contribution in [0.5, 0.6) is 0 Å². The third-order valence-corrected chi connectivity index (χ3v) is 6.61. The fourth-order valence-electron chi connectivity index (χ4n) is 4.45. The van der Waals surface area contributed by atoms with Gasteiger partial charge in [-0.05, 0) is 35.9 Å². The van der Waals surface area contributed by atoms with Crippen molar-refractivity contribution in [1.82, 2.24) is 9.88 Å². The number of quaternary nitrogens is 1. The van der Waals surface area contributed by atoms with E-state index in [1.165, 1.54) is 10.5 Å². The maximum atomic E-state index is 13.6. The second kappa shape index (κ2) is 10.2. The zero-order valence-electron chi connectivity index (χ0n) is 19.0. The first-order valence-electron chi connectivity index (χ1n) is 11.7. The molecule has 0 spiro atoms. The van der Waals surface area contributed by atoms with Crippen LogP contribution in [-0.4, -0.2) is 48.5 Å². The van der Waals surface area contributed by atoms with Gasteiger partial charge in [-0.15, -0.1) is 0 Å². The summed E-state index contributed by atoms with van der Waals surface area (Å²) in [5.41, 5.74) is 4.49. The summed E-state index contributed by atoms with van der Waals surface area (Å²) in [7, 11) is 0. The average Bonchev–Trinajstić information content (AvgIpc) is 2.89. The Balaban J connectivity index is 1.31. The van der Waals surface area contributed by atoms with E-state index in [0.717, 1.165) is 54.9 Å². The molecule has 1 aromatic heterocycles. The second-order valence-electron chi connectivity index (χ2n) is 8.64. The second-order valence-corrected chi connectivity index (χ2v) is 9.07. The van der Waals surface area contributed by atoms with Crippen LogP contribution in [0, 0.1) is 0 Å². The summed E-state index contributed by atoms with van der Waals surface area (Å²) in [6.07, 6.45) is 4.41. The molecule has 1 N–H and O–H groups in total. The number of nitrogens with one attached hydrogen (secondary N) is 1. The van der Waals surface area contributed by atoms with E-state index in [4.69, 9.17) is 16.6 Å². The summed E-state index contributed by atoms with van der Waals surface area (Å²) >= 11 is 6.06. The Morgan fingerprint density at radius 2 is 1.65 bits per heavy atom. The largest absolute Gasteiger partial charge is 0.329 e. The zero-order chi connectivity index (χ0) is 23.3. The van der Waals surface area contributed by atoms with Crippen molar-refractivity contribution in [3.05, 3.63) is 107 Å². The Bertz CT molecular complexity index is 1310. The van der Waals surface area contributed by atoms with Gasteiger partial charge in [0.25, 0.3) is 5.91 Å². The highest BCUT2D eigenvalue weighted by molar-refractivity contribution is 6.30. The third-order valence-electron chi connectivity index (χ3n) is 6.36. The van der Waals surface area contributed by atoms with E-state index in [-0.39, 0.29) is 5.91 Å². The van der Waals surface area contributed by atoms with Crippen LogP contribution >= 0.6 is 11.6 Å². The van der Waals surface area contributed by atoms with Crippen molar-refractivity contribution in [3.8, 4) is 11.3 Å². The molecule has 0 saturated carbocycles. The molecule has 1 amide bonds. The Morgan fingerprint density at radius 3 is 2.41 bits per heavy atom. The smallest absolute Gasteiger partial charge is 0.255 e. The first-order valence-corrected chi connectivity index (χ1v) is 12.1. The fraction of sp³-hybridized carbons (Fsp3) is 0.172. The Hall–Kier alpha value is -3.47. The number of fused-ring (bicyclic) bond motifs is 1. The van der Waals surface area contributed by atoms with Gasteiger partial charge in [0, 0.05) is 16.0 Å². The summed E-state index contributed by atoms with van der Waals surface area (Å²) in [6, 6.07) is 27.7. The first-order chi connectivity index (χ1) is 16.7.